The third kappa shape index (κ3) is 5.52. The van der Waals surface area contributed by atoms with Crippen LogP contribution in [0.2, 0.25) is 0 Å². The van der Waals surface area contributed by atoms with Crippen molar-refractivity contribution < 1.29 is 26.7 Å². The van der Waals surface area contributed by atoms with E-state index in [9.17, 15) is 22.0 Å². The molecule has 0 spiro atoms. The van der Waals surface area contributed by atoms with Crippen molar-refractivity contribution in [2.75, 3.05) is 38.3 Å². The Bertz CT molecular complexity index is 979. The number of hydrogen-bond donors (Lipinski definition) is 0. The van der Waals surface area contributed by atoms with Crippen LogP contribution in [-0.2, 0) is 19.6 Å². The number of amides is 1. The van der Waals surface area contributed by atoms with Gasteiger partial charge in [-0.15, -0.1) is 0 Å². The van der Waals surface area contributed by atoms with Crippen LogP contribution in [0.15, 0.2) is 17.0 Å². The molecule has 2 fully saturated rings. The molecular formula is C23H36F2N4O4S. The quantitative estimate of drug-likeness (QED) is 0.570. The van der Waals surface area contributed by atoms with Crippen molar-refractivity contribution in [3.05, 3.63) is 17.8 Å². The first kappa shape index (κ1) is 26.7. The number of carbonyl (C=O) groups excluding carboxylic acids is 1. The third-order valence-corrected chi connectivity index (χ3v) is 8.68. The number of aromatic nitrogens is 1. The minimum atomic E-state index is -4.09. The summed E-state index contributed by atoms with van der Waals surface area (Å²) >= 11 is 0. The molecule has 1 aromatic rings. The number of halogens is 2. The van der Waals surface area contributed by atoms with E-state index in [1.54, 1.807) is 26.1 Å². The van der Waals surface area contributed by atoms with Crippen LogP contribution in [0.4, 0.5) is 14.6 Å². The lowest BCUT2D eigenvalue weighted by atomic mass is 9.91. The molecule has 1 amide bonds. The average molecular weight is 503 g/mol. The van der Waals surface area contributed by atoms with E-state index in [2.05, 4.69) is 4.98 Å². The van der Waals surface area contributed by atoms with Gasteiger partial charge in [-0.1, -0.05) is 0 Å². The molecule has 1 aliphatic carbocycles. The lowest BCUT2D eigenvalue weighted by Gasteiger charge is -2.40. The zero-order valence-corrected chi connectivity index (χ0v) is 21.4. The molecule has 1 saturated carbocycles. The maximum Gasteiger partial charge on any atom is 0.248 e. The molecule has 1 aromatic heterocycles. The van der Waals surface area contributed by atoms with Crippen LogP contribution in [0.3, 0.4) is 0 Å². The number of likely N-dealkylation sites (N-methyl/N-ethyl adjacent to an activating group) is 1. The van der Waals surface area contributed by atoms with Crippen molar-refractivity contribution in [1.82, 2.24) is 14.2 Å². The molecule has 34 heavy (non-hydrogen) atoms. The predicted molar refractivity (Wildman–Crippen MR) is 126 cm³/mol. The van der Waals surface area contributed by atoms with Gasteiger partial charge in [0.1, 0.15) is 16.8 Å². The van der Waals surface area contributed by atoms with E-state index < -0.39 is 27.9 Å². The summed E-state index contributed by atoms with van der Waals surface area (Å²) in [6.07, 6.45) is -0.194. The Kier molecular flexibility index (Phi) is 8.19. The lowest BCUT2D eigenvalue weighted by molar-refractivity contribution is -0.143. The summed E-state index contributed by atoms with van der Waals surface area (Å²) in [6.45, 7) is 8.34. The molecule has 1 atom stereocenters. The molecule has 0 unspecified atom stereocenters. The average Bonchev–Trinajstić information content (AvgIpc) is 2.78. The van der Waals surface area contributed by atoms with Crippen LogP contribution in [0.25, 0.3) is 0 Å². The molecular weight excluding hydrogens is 466 g/mol. The maximum atomic E-state index is 13.9. The molecule has 2 heterocycles. The highest BCUT2D eigenvalue weighted by Crippen LogP contribution is 2.36. The van der Waals surface area contributed by atoms with Crippen LogP contribution in [-0.4, -0.2) is 85.9 Å². The summed E-state index contributed by atoms with van der Waals surface area (Å²) in [4.78, 5) is 21.3. The summed E-state index contributed by atoms with van der Waals surface area (Å²) in [5, 5.41) is 0. The number of aryl methyl sites for hydroxylation is 1. The first-order chi connectivity index (χ1) is 15.9. The second-order valence-electron chi connectivity index (χ2n) is 9.40. The van der Waals surface area contributed by atoms with E-state index in [0.29, 0.717) is 18.1 Å². The van der Waals surface area contributed by atoms with E-state index in [1.165, 1.54) is 9.21 Å². The van der Waals surface area contributed by atoms with Crippen LogP contribution in [0.1, 0.15) is 52.1 Å². The van der Waals surface area contributed by atoms with Crippen molar-refractivity contribution in [1.29, 1.82) is 0 Å². The number of morpholine rings is 1. The van der Waals surface area contributed by atoms with Gasteiger partial charge in [0.05, 0.1) is 13.2 Å². The second-order valence-corrected chi connectivity index (χ2v) is 11.3. The Morgan fingerprint density at radius 3 is 2.53 bits per heavy atom. The second kappa shape index (κ2) is 10.4. The van der Waals surface area contributed by atoms with Gasteiger partial charge in [-0.05, 0) is 52.7 Å². The summed E-state index contributed by atoms with van der Waals surface area (Å²) < 4.78 is 61.7. The molecule has 1 aliphatic heterocycles. The van der Waals surface area contributed by atoms with Gasteiger partial charge >= 0.3 is 0 Å². The number of ether oxygens (including phenoxy) is 1. The van der Waals surface area contributed by atoms with Crippen molar-refractivity contribution >= 4 is 21.7 Å². The van der Waals surface area contributed by atoms with Crippen LogP contribution >= 0.6 is 0 Å². The normalized spacial score (nSPS) is 22.1. The third-order valence-electron chi connectivity index (χ3n) is 6.75. The number of alkyl halides is 2. The molecule has 192 valence electrons. The van der Waals surface area contributed by atoms with E-state index in [0.717, 1.165) is 0 Å². The first-order valence-corrected chi connectivity index (χ1v) is 13.3. The number of anilines is 1. The van der Waals surface area contributed by atoms with E-state index in [4.69, 9.17) is 4.74 Å². The zero-order chi connectivity index (χ0) is 25.3. The topological polar surface area (TPSA) is 83.0 Å². The molecule has 8 nitrogen and oxygen atoms in total. The van der Waals surface area contributed by atoms with E-state index >= 15 is 0 Å². The number of carbonyl (C=O) groups is 1. The summed E-state index contributed by atoms with van der Waals surface area (Å²) in [7, 11) is -2.53. The number of nitrogens with zero attached hydrogens (tertiary/aromatic N) is 4. The molecule has 0 radical (unpaired) electrons. The fourth-order valence-electron chi connectivity index (χ4n) is 4.72. The number of sulfonamides is 1. The standard InChI is InChI=1S/C23H36F2N4O4S/c1-6-28(16(2)3)21-20(8-7-17(4)26-21)34(31,32)29-13-14-33-15-19(29)22(30)27(5)18-9-11-23(24,25)12-10-18/h7-8,16,18-19H,6,9-15H2,1-5H3/t19-/m0/s1. The number of hydrogen-bond acceptors (Lipinski definition) is 6. The van der Waals surface area contributed by atoms with Crippen molar-refractivity contribution in [3.8, 4) is 0 Å². The van der Waals surface area contributed by atoms with Gasteiger partial charge in [-0.3, -0.25) is 4.79 Å². The number of pyridine rings is 1. The van der Waals surface area contributed by atoms with Gasteiger partial charge in [-0.2, -0.15) is 4.31 Å². The smallest absolute Gasteiger partial charge is 0.248 e. The molecule has 1 saturated heterocycles. The minimum Gasteiger partial charge on any atom is -0.378 e. The van der Waals surface area contributed by atoms with E-state index in [-0.39, 0.29) is 62.4 Å². The Balaban J connectivity index is 1.92. The summed E-state index contributed by atoms with van der Waals surface area (Å²) in [5.41, 5.74) is 0.691. The van der Waals surface area contributed by atoms with Crippen LogP contribution in [0, 0.1) is 6.92 Å². The number of rotatable bonds is 7. The highest BCUT2D eigenvalue weighted by molar-refractivity contribution is 7.89. The molecule has 2 aliphatic rings. The SMILES string of the molecule is CCN(c1nc(C)ccc1S(=O)(=O)N1CCOC[C@H]1C(=O)N(C)C1CCC(F)(F)CC1)C(C)C. The first-order valence-electron chi connectivity index (χ1n) is 11.9. The molecule has 0 N–H and O–H groups in total. The van der Waals surface area contributed by atoms with Gasteiger partial charge in [0, 0.05) is 50.8 Å². The minimum absolute atomic E-state index is 0.0194. The molecule has 11 heteroatoms. The molecule has 3 rings (SSSR count). The van der Waals surface area contributed by atoms with Gasteiger partial charge < -0.3 is 14.5 Å². The van der Waals surface area contributed by atoms with Gasteiger partial charge in [0.2, 0.25) is 21.9 Å². The van der Waals surface area contributed by atoms with Crippen molar-refractivity contribution in [2.24, 2.45) is 0 Å². The Hall–Kier alpha value is -1.85. The van der Waals surface area contributed by atoms with Crippen molar-refractivity contribution in [2.45, 2.75) is 82.3 Å². The van der Waals surface area contributed by atoms with Gasteiger partial charge in [-0.25, -0.2) is 22.2 Å². The monoisotopic (exact) mass is 502 g/mol. The predicted octanol–water partition coefficient (Wildman–Crippen LogP) is 3.05. The summed E-state index contributed by atoms with van der Waals surface area (Å²) in [5.74, 6) is -2.78. The van der Waals surface area contributed by atoms with E-state index in [1.807, 2.05) is 25.7 Å². The largest absolute Gasteiger partial charge is 0.378 e. The maximum absolute atomic E-state index is 13.9. The fourth-order valence-corrected chi connectivity index (χ4v) is 6.41. The Labute approximate surface area is 201 Å². The fraction of sp³-hybridized carbons (Fsp3) is 0.739. The Morgan fingerprint density at radius 2 is 1.94 bits per heavy atom. The Morgan fingerprint density at radius 1 is 1.29 bits per heavy atom. The highest BCUT2D eigenvalue weighted by atomic mass is 32.2. The van der Waals surface area contributed by atoms with Crippen LogP contribution < -0.4 is 4.90 Å². The highest BCUT2D eigenvalue weighted by Gasteiger charge is 2.44. The van der Waals surface area contributed by atoms with Crippen LogP contribution in [0.5, 0.6) is 0 Å². The lowest BCUT2D eigenvalue weighted by Crippen LogP contribution is -2.58. The molecule has 0 bridgehead atoms. The van der Waals surface area contributed by atoms with Gasteiger partial charge in [0.25, 0.3) is 0 Å². The zero-order valence-electron chi connectivity index (χ0n) is 20.6. The van der Waals surface area contributed by atoms with Crippen molar-refractivity contribution in [3.63, 3.8) is 0 Å². The van der Waals surface area contributed by atoms with Gasteiger partial charge in [0.15, 0.2) is 0 Å². The molecule has 0 aromatic carbocycles. The summed E-state index contributed by atoms with van der Waals surface area (Å²) in [6, 6.07) is 1.80.